The lowest BCUT2D eigenvalue weighted by atomic mass is 9.90. The van der Waals surface area contributed by atoms with Crippen molar-refractivity contribution >= 4 is 45.5 Å². The number of pyridine rings is 1. The lowest BCUT2D eigenvalue weighted by Gasteiger charge is -2.20. The van der Waals surface area contributed by atoms with E-state index >= 15 is 0 Å². The fourth-order valence-corrected chi connectivity index (χ4v) is 5.06. The van der Waals surface area contributed by atoms with Gasteiger partial charge >= 0.3 is 0 Å². The van der Waals surface area contributed by atoms with Gasteiger partial charge in [0.05, 0.1) is 23.9 Å². The molecule has 5 rings (SSSR count). The molecular weight excluding hydrogens is 446 g/mol. The Kier molecular flexibility index (Phi) is 5.63. The van der Waals surface area contributed by atoms with Crippen molar-refractivity contribution < 1.29 is 9.59 Å². The summed E-state index contributed by atoms with van der Waals surface area (Å²) in [5.41, 5.74) is 2.91. The molecule has 4 aromatic rings. The van der Waals surface area contributed by atoms with Gasteiger partial charge in [0.1, 0.15) is 5.65 Å². The third kappa shape index (κ3) is 4.24. The lowest BCUT2D eigenvalue weighted by molar-refractivity contribution is -0.123. The molecule has 0 radical (unpaired) electrons. The zero-order valence-electron chi connectivity index (χ0n) is 17.0. The first kappa shape index (κ1) is 20.7. The maximum Gasteiger partial charge on any atom is 0.257 e. The van der Waals surface area contributed by atoms with E-state index in [0.717, 1.165) is 41.2 Å². The van der Waals surface area contributed by atoms with Crippen LogP contribution in [0.3, 0.4) is 0 Å². The summed E-state index contributed by atoms with van der Waals surface area (Å²) in [4.78, 5) is 35.6. The largest absolute Gasteiger partial charge is 0.350 e. The van der Waals surface area contributed by atoms with E-state index in [9.17, 15) is 9.59 Å². The Bertz CT molecular complexity index is 1260. The highest BCUT2D eigenvalue weighted by Gasteiger charge is 2.30. The number of carbonyl (C=O) groups excluding carboxylic acids is 2. The first-order valence-corrected chi connectivity index (χ1v) is 11.5. The van der Waals surface area contributed by atoms with Gasteiger partial charge in [-0.3, -0.25) is 14.9 Å². The third-order valence-corrected chi connectivity index (χ3v) is 6.75. The Hall–Kier alpha value is -3.23. The topological polar surface area (TPSA) is 88.4 Å². The number of aryl methyl sites for hydroxylation is 1. The van der Waals surface area contributed by atoms with E-state index in [0.29, 0.717) is 22.3 Å². The van der Waals surface area contributed by atoms with E-state index < -0.39 is 0 Å². The van der Waals surface area contributed by atoms with Crippen LogP contribution >= 0.6 is 22.9 Å². The number of hydrogen-bond acceptors (Lipinski definition) is 5. The van der Waals surface area contributed by atoms with Crippen LogP contribution in [0.2, 0.25) is 5.02 Å². The van der Waals surface area contributed by atoms with Crippen LogP contribution in [0.15, 0.2) is 54.9 Å². The van der Waals surface area contributed by atoms with Crippen LogP contribution in [-0.4, -0.2) is 26.2 Å². The van der Waals surface area contributed by atoms with Gasteiger partial charge < -0.3 is 9.72 Å². The summed E-state index contributed by atoms with van der Waals surface area (Å²) in [6, 6.07) is 12.5. The number of carbonyl (C=O) groups is 2. The molecule has 3 aromatic heterocycles. The second kappa shape index (κ2) is 8.72. The van der Waals surface area contributed by atoms with Crippen LogP contribution in [0.4, 0.5) is 5.13 Å². The number of amides is 2. The number of nitrogens with zero attached hydrogens (tertiary/aromatic N) is 3. The first-order valence-electron chi connectivity index (χ1n) is 10.3. The molecule has 3 heterocycles. The highest BCUT2D eigenvalue weighted by molar-refractivity contribution is 7.16. The molecule has 0 spiro atoms. The summed E-state index contributed by atoms with van der Waals surface area (Å²) in [6.45, 7) is 0.358. The predicted molar refractivity (Wildman–Crippen MR) is 124 cm³/mol. The molecule has 1 aliphatic carbocycles. The number of aromatic nitrogens is 3. The fourth-order valence-electron chi connectivity index (χ4n) is 3.87. The smallest absolute Gasteiger partial charge is 0.257 e. The molecule has 1 unspecified atom stereocenters. The average molecular weight is 466 g/mol. The minimum atomic E-state index is -0.326. The first-order chi connectivity index (χ1) is 15.6. The van der Waals surface area contributed by atoms with E-state index in [-0.39, 0.29) is 17.7 Å². The zero-order valence-corrected chi connectivity index (χ0v) is 18.6. The number of thiazole rings is 1. The van der Waals surface area contributed by atoms with E-state index in [2.05, 4.69) is 20.6 Å². The molecular formula is C23H20ClN5O2S. The quantitative estimate of drug-likeness (QED) is 0.456. The molecule has 1 aromatic carbocycles. The fraction of sp³-hybridized carbons (Fsp3) is 0.217. The molecule has 0 saturated carbocycles. The number of nitrogens with one attached hydrogen (secondary N) is 2. The molecule has 2 N–H and O–H groups in total. The molecule has 9 heteroatoms. The lowest BCUT2D eigenvalue weighted by Crippen LogP contribution is -2.31. The molecule has 0 fully saturated rings. The zero-order chi connectivity index (χ0) is 22.1. The third-order valence-electron chi connectivity index (χ3n) is 5.46. The van der Waals surface area contributed by atoms with Crippen molar-refractivity contribution in [1.82, 2.24) is 19.7 Å². The predicted octanol–water partition coefficient (Wildman–Crippen LogP) is 4.43. The van der Waals surface area contributed by atoms with Crippen molar-refractivity contribution in [2.75, 3.05) is 5.32 Å². The van der Waals surface area contributed by atoms with Crippen LogP contribution in [-0.2, 0) is 17.8 Å². The van der Waals surface area contributed by atoms with Gasteiger partial charge in [-0.2, -0.15) is 0 Å². The summed E-state index contributed by atoms with van der Waals surface area (Å²) < 4.78 is 1.93. The number of hydrogen-bond donors (Lipinski definition) is 2. The second-order valence-corrected chi connectivity index (χ2v) is 9.17. The summed E-state index contributed by atoms with van der Waals surface area (Å²) >= 11 is 7.33. The monoisotopic (exact) mass is 465 g/mol. The molecule has 0 bridgehead atoms. The minimum absolute atomic E-state index is 0.0658. The number of fused-ring (bicyclic) bond motifs is 2. The SMILES string of the molecule is O=C(Nc1nc2c(s1)CCCC2C(=O)NCc1cn2ccccc2n1)c1ccc(Cl)cc1. The van der Waals surface area contributed by atoms with Gasteiger partial charge in [-0.1, -0.05) is 17.7 Å². The second-order valence-electron chi connectivity index (χ2n) is 7.65. The highest BCUT2D eigenvalue weighted by Crippen LogP contribution is 2.37. The summed E-state index contributed by atoms with van der Waals surface area (Å²) in [5, 5.41) is 6.93. The Balaban J connectivity index is 1.27. The van der Waals surface area contributed by atoms with E-state index in [1.807, 2.05) is 35.0 Å². The molecule has 1 atom stereocenters. The number of benzene rings is 1. The van der Waals surface area contributed by atoms with Crippen LogP contribution in [0.5, 0.6) is 0 Å². The van der Waals surface area contributed by atoms with Crippen molar-refractivity contribution in [2.24, 2.45) is 0 Å². The van der Waals surface area contributed by atoms with Crippen LogP contribution in [0.25, 0.3) is 5.65 Å². The maximum atomic E-state index is 13.0. The number of halogens is 1. The van der Waals surface area contributed by atoms with Crippen LogP contribution < -0.4 is 10.6 Å². The Labute approximate surface area is 193 Å². The van der Waals surface area contributed by atoms with Gasteiger partial charge in [-0.25, -0.2) is 9.97 Å². The maximum absolute atomic E-state index is 13.0. The molecule has 162 valence electrons. The van der Waals surface area contributed by atoms with Crippen molar-refractivity contribution in [3.05, 3.63) is 81.7 Å². The Morgan fingerprint density at radius 1 is 1.16 bits per heavy atom. The van der Waals surface area contributed by atoms with E-state index in [4.69, 9.17) is 11.6 Å². The Morgan fingerprint density at radius 2 is 2.00 bits per heavy atom. The molecule has 32 heavy (non-hydrogen) atoms. The van der Waals surface area contributed by atoms with Gasteiger partial charge in [-0.05, 0) is 55.7 Å². The van der Waals surface area contributed by atoms with Gasteiger partial charge in [-0.15, -0.1) is 11.3 Å². The van der Waals surface area contributed by atoms with Gasteiger partial charge in [0.25, 0.3) is 5.91 Å². The van der Waals surface area contributed by atoms with Crippen molar-refractivity contribution in [3.8, 4) is 0 Å². The van der Waals surface area contributed by atoms with Crippen molar-refractivity contribution in [2.45, 2.75) is 31.7 Å². The molecule has 7 nitrogen and oxygen atoms in total. The summed E-state index contributed by atoms with van der Waals surface area (Å²) in [6.07, 6.45) is 6.34. The van der Waals surface area contributed by atoms with Crippen molar-refractivity contribution in [3.63, 3.8) is 0 Å². The van der Waals surface area contributed by atoms with E-state index in [1.165, 1.54) is 11.3 Å². The summed E-state index contributed by atoms with van der Waals surface area (Å²) in [5.74, 6) is -0.641. The summed E-state index contributed by atoms with van der Waals surface area (Å²) in [7, 11) is 0. The van der Waals surface area contributed by atoms with Crippen LogP contribution in [0.1, 0.15) is 45.4 Å². The minimum Gasteiger partial charge on any atom is -0.350 e. The molecule has 1 aliphatic rings. The van der Waals surface area contributed by atoms with Gasteiger partial charge in [0, 0.05) is 27.9 Å². The van der Waals surface area contributed by atoms with E-state index in [1.54, 1.807) is 24.3 Å². The highest BCUT2D eigenvalue weighted by atomic mass is 35.5. The number of anilines is 1. The number of rotatable bonds is 5. The average Bonchev–Trinajstić information content (AvgIpc) is 3.40. The van der Waals surface area contributed by atoms with Crippen LogP contribution in [0, 0.1) is 0 Å². The standard InChI is InChI=1S/C23H20ClN5O2S/c24-15-9-7-14(8-10-15)21(30)28-23-27-20-17(4-3-5-18(20)32-23)22(31)25-12-16-13-29-11-2-1-6-19(29)26-16/h1-2,6-11,13,17H,3-5,12H2,(H,25,31)(H,27,28,30). The Morgan fingerprint density at radius 3 is 2.81 bits per heavy atom. The van der Waals surface area contributed by atoms with Gasteiger partial charge in [0.15, 0.2) is 5.13 Å². The molecule has 2 amide bonds. The number of imidazole rings is 1. The van der Waals surface area contributed by atoms with Crippen molar-refractivity contribution in [1.29, 1.82) is 0 Å². The normalized spacial score (nSPS) is 15.3. The van der Waals surface area contributed by atoms with Gasteiger partial charge in [0.2, 0.25) is 5.91 Å². The molecule has 0 aliphatic heterocycles. The molecule has 0 saturated heterocycles.